The predicted octanol–water partition coefficient (Wildman–Crippen LogP) is 2.60. The standard InChI is InChI=1S/C17H16N4O2/c1-11-13(17(22)20(2)12-6-4-3-5-7-12)14-15-18-8-9-21(15)10-19-16(14)23-11/h3-7,10H,8-9H2,1-2H3. The maximum absolute atomic E-state index is 13.0. The summed E-state index contributed by atoms with van der Waals surface area (Å²) in [5, 5.41) is 0. The molecule has 6 nitrogen and oxygen atoms in total. The number of fused-ring (bicyclic) bond motifs is 3. The van der Waals surface area contributed by atoms with Gasteiger partial charge in [-0.25, -0.2) is 4.99 Å². The number of benzene rings is 1. The number of hydrogen-bond acceptors (Lipinski definition) is 5. The van der Waals surface area contributed by atoms with Crippen LogP contribution in [0.1, 0.15) is 21.7 Å². The number of amides is 1. The summed E-state index contributed by atoms with van der Waals surface area (Å²) in [6, 6.07) is 9.54. The number of anilines is 1. The molecule has 116 valence electrons. The van der Waals surface area contributed by atoms with E-state index in [-0.39, 0.29) is 5.91 Å². The molecule has 0 atom stereocenters. The Kier molecular flexibility index (Phi) is 3.04. The number of aliphatic imine (C=N–C) groups is 2. The van der Waals surface area contributed by atoms with Crippen LogP contribution in [0.3, 0.4) is 0 Å². The molecule has 0 fully saturated rings. The van der Waals surface area contributed by atoms with Crippen molar-refractivity contribution in [1.29, 1.82) is 0 Å². The quantitative estimate of drug-likeness (QED) is 0.856. The zero-order chi connectivity index (χ0) is 16.0. The van der Waals surface area contributed by atoms with E-state index in [1.165, 1.54) is 0 Å². The molecule has 0 saturated heterocycles. The molecule has 4 rings (SSSR count). The summed E-state index contributed by atoms with van der Waals surface area (Å²) in [7, 11) is 1.76. The van der Waals surface area contributed by atoms with Crippen molar-refractivity contribution in [1.82, 2.24) is 4.90 Å². The highest BCUT2D eigenvalue weighted by Crippen LogP contribution is 2.35. The zero-order valence-electron chi connectivity index (χ0n) is 13.0. The van der Waals surface area contributed by atoms with Crippen molar-refractivity contribution in [2.45, 2.75) is 6.92 Å². The largest absolute Gasteiger partial charge is 0.442 e. The SMILES string of the molecule is Cc1oc2c(c1C(=O)N(C)c1ccccc1)C1=NCCN1C=N2. The maximum atomic E-state index is 13.0. The number of furan rings is 1. The second-order valence-electron chi connectivity index (χ2n) is 5.56. The summed E-state index contributed by atoms with van der Waals surface area (Å²) in [5.41, 5.74) is 2.07. The number of amidine groups is 1. The minimum absolute atomic E-state index is 0.120. The smallest absolute Gasteiger partial charge is 0.262 e. The third-order valence-corrected chi connectivity index (χ3v) is 4.14. The summed E-state index contributed by atoms with van der Waals surface area (Å²) in [4.78, 5) is 25.4. The third-order valence-electron chi connectivity index (χ3n) is 4.14. The van der Waals surface area contributed by atoms with E-state index in [2.05, 4.69) is 9.98 Å². The van der Waals surface area contributed by atoms with Gasteiger partial charge in [-0.1, -0.05) is 18.2 Å². The van der Waals surface area contributed by atoms with E-state index in [0.717, 1.165) is 18.1 Å². The first-order chi connectivity index (χ1) is 11.2. The average molecular weight is 308 g/mol. The van der Waals surface area contributed by atoms with Crippen LogP contribution in [0.25, 0.3) is 0 Å². The first kappa shape index (κ1) is 13.8. The molecule has 3 heterocycles. The Morgan fingerprint density at radius 2 is 2.09 bits per heavy atom. The maximum Gasteiger partial charge on any atom is 0.262 e. The highest BCUT2D eigenvalue weighted by atomic mass is 16.4. The molecule has 2 aliphatic heterocycles. The van der Waals surface area contributed by atoms with Gasteiger partial charge >= 0.3 is 0 Å². The van der Waals surface area contributed by atoms with E-state index in [0.29, 0.717) is 29.3 Å². The number of aryl methyl sites for hydroxylation is 1. The van der Waals surface area contributed by atoms with E-state index in [9.17, 15) is 4.79 Å². The Balaban J connectivity index is 1.80. The van der Waals surface area contributed by atoms with Gasteiger partial charge in [-0.2, -0.15) is 0 Å². The Morgan fingerprint density at radius 3 is 2.87 bits per heavy atom. The fourth-order valence-corrected chi connectivity index (χ4v) is 2.94. The molecular weight excluding hydrogens is 292 g/mol. The van der Waals surface area contributed by atoms with Crippen LogP contribution >= 0.6 is 0 Å². The molecule has 2 aromatic rings. The van der Waals surface area contributed by atoms with Crippen LogP contribution in [0.2, 0.25) is 0 Å². The minimum Gasteiger partial charge on any atom is -0.442 e. The fourth-order valence-electron chi connectivity index (χ4n) is 2.94. The molecule has 0 aliphatic carbocycles. The Labute approximate surface area is 133 Å². The van der Waals surface area contributed by atoms with Crippen LogP contribution < -0.4 is 4.90 Å². The summed E-state index contributed by atoms with van der Waals surface area (Å²) in [6.45, 7) is 3.28. The van der Waals surface area contributed by atoms with Crippen molar-refractivity contribution >= 4 is 29.7 Å². The highest BCUT2D eigenvalue weighted by molar-refractivity contribution is 6.20. The van der Waals surface area contributed by atoms with Gasteiger partial charge in [0.1, 0.15) is 17.9 Å². The zero-order valence-corrected chi connectivity index (χ0v) is 13.0. The second kappa shape index (κ2) is 5.08. The highest BCUT2D eigenvalue weighted by Gasteiger charge is 2.34. The summed E-state index contributed by atoms with van der Waals surface area (Å²) in [6.07, 6.45) is 1.71. The number of hydrogen-bond donors (Lipinski definition) is 0. The molecule has 6 heteroatoms. The van der Waals surface area contributed by atoms with Crippen LogP contribution in [0.5, 0.6) is 0 Å². The number of rotatable bonds is 2. The molecule has 1 amide bonds. The van der Waals surface area contributed by atoms with Crippen molar-refractivity contribution in [3.05, 3.63) is 47.2 Å². The van der Waals surface area contributed by atoms with Gasteiger partial charge in [0.2, 0.25) is 5.88 Å². The normalized spacial score (nSPS) is 15.2. The number of para-hydroxylation sites is 1. The summed E-state index contributed by atoms with van der Waals surface area (Å²) < 4.78 is 5.70. The molecule has 23 heavy (non-hydrogen) atoms. The van der Waals surface area contributed by atoms with Crippen molar-refractivity contribution in [3.63, 3.8) is 0 Å². The average Bonchev–Trinajstić information content (AvgIpc) is 3.17. The summed E-state index contributed by atoms with van der Waals surface area (Å²) >= 11 is 0. The Hall–Kier alpha value is -2.89. The van der Waals surface area contributed by atoms with E-state index < -0.39 is 0 Å². The van der Waals surface area contributed by atoms with Crippen molar-refractivity contribution < 1.29 is 9.21 Å². The number of carbonyl (C=O) groups is 1. The van der Waals surface area contributed by atoms with Gasteiger partial charge in [0, 0.05) is 19.3 Å². The number of carbonyl (C=O) groups excluding carboxylic acids is 1. The van der Waals surface area contributed by atoms with E-state index in [1.54, 1.807) is 25.2 Å². The number of nitrogens with zero attached hydrogens (tertiary/aromatic N) is 4. The van der Waals surface area contributed by atoms with Crippen LogP contribution in [-0.4, -0.2) is 43.1 Å². The lowest BCUT2D eigenvalue weighted by molar-refractivity contribution is 0.0991. The Morgan fingerprint density at radius 1 is 1.30 bits per heavy atom. The molecule has 0 radical (unpaired) electrons. The Bertz CT molecular complexity index is 836. The van der Waals surface area contributed by atoms with E-state index in [1.807, 2.05) is 35.2 Å². The molecule has 1 aromatic heterocycles. The second-order valence-corrected chi connectivity index (χ2v) is 5.56. The molecule has 0 spiro atoms. The first-order valence-electron chi connectivity index (χ1n) is 7.49. The van der Waals surface area contributed by atoms with Crippen LogP contribution in [0, 0.1) is 6.92 Å². The van der Waals surface area contributed by atoms with Gasteiger partial charge in [-0.05, 0) is 19.1 Å². The molecule has 1 aromatic carbocycles. The minimum atomic E-state index is -0.120. The fraction of sp³-hybridized carbons (Fsp3) is 0.235. The predicted molar refractivity (Wildman–Crippen MR) is 88.9 cm³/mol. The lowest BCUT2D eigenvalue weighted by Crippen LogP contribution is -2.33. The van der Waals surface area contributed by atoms with Crippen LogP contribution in [0.4, 0.5) is 11.6 Å². The molecule has 2 aliphatic rings. The van der Waals surface area contributed by atoms with Crippen molar-refractivity contribution in [2.75, 3.05) is 25.0 Å². The van der Waals surface area contributed by atoms with Crippen LogP contribution in [-0.2, 0) is 0 Å². The van der Waals surface area contributed by atoms with Crippen molar-refractivity contribution in [2.24, 2.45) is 9.98 Å². The third kappa shape index (κ3) is 2.06. The van der Waals surface area contributed by atoms with E-state index in [4.69, 9.17) is 4.42 Å². The monoisotopic (exact) mass is 308 g/mol. The van der Waals surface area contributed by atoms with Gasteiger partial charge in [0.15, 0.2) is 0 Å². The molecule has 0 unspecified atom stereocenters. The van der Waals surface area contributed by atoms with Gasteiger partial charge < -0.3 is 14.2 Å². The lowest BCUT2D eigenvalue weighted by atomic mass is 10.1. The topological polar surface area (TPSA) is 61.4 Å². The lowest BCUT2D eigenvalue weighted by Gasteiger charge is -2.21. The van der Waals surface area contributed by atoms with E-state index >= 15 is 0 Å². The molecule has 0 saturated carbocycles. The first-order valence-corrected chi connectivity index (χ1v) is 7.49. The van der Waals surface area contributed by atoms with Gasteiger partial charge in [0.25, 0.3) is 5.91 Å². The molecule has 0 bridgehead atoms. The van der Waals surface area contributed by atoms with Crippen molar-refractivity contribution in [3.8, 4) is 0 Å². The van der Waals surface area contributed by atoms with Crippen LogP contribution in [0.15, 0.2) is 44.7 Å². The van der Waals surface area contributed by atoms with Gasteiger partial charge in [0.05, 0.1) is 17.7 Å². The van der Waals surface area contributed by atoms with Gasteiger partial charge in [-0.3, -0.25) is 9.79 Å². The molecular formula is C17H16N4O2. The molecule has 0 N–H and O–H groups in total. The summed E-state index contributed by atoms with van der Waals surface area (Å²) in [5.74, 6) is 1.68. The van der Waals surface area contributed by atoms with Gasteiger partial charge in [-0.15, -0.1) is 0 Å².